The van der Waals surface area contributed by atoms with Gasteiger partial charge in [0.05, 0.1) is 13.2 Å². The number of thiophene rings is 1. The Morgan fingerprint density at radius 2 is 1.83 bits per heavy atom. The van der Waals surface area contributed by atoms with Crippen molar-refractivity contribution in [1.29, 1.82) is 0 Å². The van der Waals surface area contributed by atoms with E-state index in [2.05, 4.69) is 0 Å². The predicted molar refractivity (Wildman–Crippen MR) is 91.1 cm³/mol. The monoisotopic (exact) mass is 345 g/mol. The molecule has 24 heavy (non-hydrogen) atoms. The Balaban J connectivity index is 1.82. The van der Waals surface area contributed by atoms with Gasteiger partial charge in [-0.3, -0.25) is 4.79 Å². The van der Waals surface area contributed by atoms with Crippen LogP contribution < -0.4 is 0 Å². The Bertz CT molecular complexity index is 707. The van der Waals surface area contributed by atoms with Gasteiger partial charge in [-0.25, -0.2) is 4.79 Å². The van der Waals surface area contributed by atoms with Crippen LogP contribution in [0.25, 0.3) is 0 Å². The highest BCUT2D eigenvalue weighted by molar-refractivity contribution is 7.13. The fourth-order valence-corrected chi connectivity index (χ4v) is 3.30. The van der Waals surface area contributed by atoms with Crippen LogP contribution >= 0.6 is 11.3 Å². The van der Waals surface area contributed by atoms with Crippen molar-refractivity contribution < 1.29 is 19.1 Å². The number of esters is 1. The molecule has 0 spiro atoms. The number of hydrogen-bond acceptors (Lipinski definition) is 5. The molecular weight excluding hydrogens is 326 g/mol. The van der Waals surface area contributed by atoms with E-state index in [0.717, 1.165) is 4.88 Å². The number of carbonyl (C=O) groups excluding carboxylic acids is 2. The summed E-state index contributed by atoms with van der Waals surface area (Å²) in [5.41, 5.74) is 0.676. The molecule has 1 amide bonds. The summed E-state index contributed by atoms with van der Waals surface area (Å²) < 4.78 is 10.9. The minimum atomic E-state index is -0.931. The average molecular weight is 345 g/mol. The summed E-state index contributed by atoms with van der Waals surface area (Å²) in [6, 6.07) is 12.7. The van der Waals surface area contributed by atoms with Gasteiger partial charge in [0.15, 0.2) is 0 Å². The lowest BCUT2D eigenvalue weighted by Crippen LogP contribution is -2.44. The van der Waals surface area contributed by atoms with Gasteiger partial charge in [0.25, 0.3) is 5.91 Å². The van der Waals surface area contributed by atoms with Gasteiger partial charge in [-0.15, -0.1) is 11.3 Å². The second kappa shape index (κ2) is 7.59. The molecule has 0 aliphatic carbocycles. The maximum atomic E-state index is 12.9. The smallest absolute Gasteiger partial charge is 0.349 e. The van der Waals surface area contributed by atoms with Crippen molar-refractivity contribution in [2.24, 2.45) is 0 Å². The molecule has 6 heteroatoms. The summed E-state index contributed by atoms with van der Waals surface area (Å²) in [5, 5.41) is 0. The first kappa shape index (κ1) is 16.7. The summed E-state index contributed by atoms with van der Waals surface area (Å²) in [4.78, 5) is 28.5. The number of rotatable bonds is 4. The predicted octanol–water partition coefficient (Wildman–Crippen LogP) is 2.81. The van der Waals surface area contributed by atoms with E-state index in [9.17, 15) is 9.59 Å². The maximum Gasteiger partial charge on any atom is 0.349 e. The van der Waals surface area contributed by atoms with Crippen molar-refractivity contribution in [2.45, 2.75) is 13.0 Å². The zero-order chi connectivity index (χ0) is 16.9. The molecule has 5 nitrogen and oxygen atoms in total. The van der Waals surface area contributed by atoms with Crippen molar-refractivity contribution in [3.8, 4) is 0 Å². The molecule has 1 aromatic carbocycles. The molecule has 1 aromatic heterocycles. The normalized spacial score (nSPS) is 15.8. The standard InChI is InChI=1S/C18H19NO4S/c1-13-7-8-15(24-13)18(21)23-16(14-5-3-2-4-6-14)17(20)19-9-11-22-12-10-19/h2-8,16H,9-12H2,1H3/t16-/m1/s1. The van der Waals surface area contributed by atoms with Crippen LogP contribution in [0.5, 0.6) is 0 Å². The van der Waals surface area contributed by atoms with E-state index >= 15 is 0 Å². The average Bonchev–Trinajstić information content (AvgIpc) is 3.07. The van der Waals surface area contributed by atoms with Crippen molar-refractivity contribution >= 4 is 23.2 Å². The van der Waals surface area contributed by atoms with Gasteiger partial charge < -0.3 is 14.4 Å². The molecule has 1 aliphatic heterocycles. The van der Waals surface area contributed by atoms with Crippen molar-refractivity contribution in [3.05, 3.63) is 57.8 Å². The molecule has 0 unspecified atom stereocenters. The van der Waals surface area contributed by atoms with Crippen LogP contribution in [0.4, 0.5) is 0 Å². The third-order valence-corrected chi connectivity index (χ3v) is 4.80. The third kappa shape index (κ3) is 3.83. The Labute approximate surface area is 144 Å². The van der Waals surface area contributed by atoms with Gasteiger partial charge in [0.1, 0.15) is 4.88 Å². The Kier molecular flexibility index (Phi) is 5.27. The van der Waals surface area contributed by atoms with Gasteiger partial charge in [-0.05, 0) is 19.1 Å². The molecule has 0 saturated carbocycles. The quantitative estimate of drug-likeness (QED) is 0.800. The molecule has 1 fully saturated rings. The zero-order valence-corrected chi connectivity index (χ0v) is 14.3. The SMILES string of the molecule is Cc1ccc(C(=O)O[C@@H](C(=O)N2CCOCC2)c2ccccc2)s1. The number of benzene rings is 1. The van der Waals surface area contributed by atoms with Crippen molar-refractivity contribution in [3.63, 3.8) is 0 Å². The minimum absolute atomic E-state index is 0.203. The van der Waals surface area contributed by atoms with Crippen LogP contribution in [-0.4, -0.2) is 43.1 Å². The van der Waals surface area contributed by atoms with E-state index < -0.39 is 12.1 Å². The summed E-state index contributed by atoms with van der Waals surface area (Å²) in [5.74, 6) is -0.672. The largest absolute Gasteiger partial charge is 0.443 e. The van der Waals surface area contributed by atoms with Gasteiger partial charge in [0, 0.05) is 23.5 Å². The maximum absolute atomic E-state index is 12.9. The van der Waals surface area contributed by atoms with E-state index in [4.69, 9.17) is 9.47 Å². The third-order valence-electron chi connectivity index (χ3n) is 3.82. The first-order valence-electron chi connectivity index (χ1n) is 7.84. The van der Waals surface area contributed by atoms with E-state index in [1.165, 1.54) is 11.3 Å². The number of nitrogens with zero attached hydrogens (tertiary/aromatic N) is 1. The lowest BCUT2D eigenvalue weighted by molar-refractivity contribution is -0.145. The van der Waals surface area contributed by atoms with Crippen molar-refractivity contribution in [1.82, 2.24) is 4.90 Å². The second-order valence-corrected chi connectivity index (χ2v) is 6.83. The van der Waals surface area contributed by atoms with E-state index in [1.807, 2.05) is 31.2 Å². The van der Waals surface area contributed by atoms with E-state index in [-0.39, 0.29) is 5.91 Å². The van der Waals surface area contributed by atoms with Crippen LogP contribution in [0.1, 0.15) is 26.2 Å². The van der Waals surface area contributed by atoms with Crippen LogP contribution in [0, 0.1) is 6.92 Å². The van der Waals surface area contributed by atoms with Gasteiger partial charge in [-0.2, -0.15) is 0 Å². The minimum Gasteiger partial charge on any atom is -0.443 e. The van der Waals surface area contributed by atoms with Gasteiger partial charge in [0.2, 0.25) is 6.10 Å². The highest BCUT2D eigenvalue weighted by Crippen LogP contribution is 2.24. The molecule has 2 aromatic rings. The van der Waals surface area contributed by atoms with E-state index in [1.54, 1.807) is 23.1 Å². The molecule has 0 N–H and O–H groups in total. The Hall–Kier alpha value is -2.18. The molecule has 0 radical (unpaired) electrons. The highest BCUT2D eigenvalue weighted by Gasteiger charge is 2.31. The highest BCUT2D eigenvalue weighted by atomic mass is 32.1. The molecule has 3 rings (SSSR count). The second-order valence-electron chi connectivity index (χ2n) is 5.54. The number of ether oxygens (including phenoxy) is 2. The van der Waals surface area contributed by atoms with Crippen LogP contribution in [0.15, 0.2) is 42.5 Å². The number of hydrogen-bond donors (Lipinski definition) is 0. The van der Waals surface area contributed by atoms with Crippen LogP contribution in [0.3, 0.4) is 0 Å². The fraction of sp³-hybridized carbons (Fsp3) is 0.333. The molecular formula is C18H19NO4S. The fourth-order valence-electron chi connectivity index (χ4n) is 2.55. The first-order valence-corrected chi connectivity index (χ1v) is 8.65. The lowest BCUT2D eigenvalue weighted by atomic mass is 10.1. The molecule has 1 atom stereocenters. The number of aryl methyl sites for hydroxylation is 1. The Morgan fingerprint density at radius 3 is 2.46 bits per heavy atom. The molecule has 1 aliphatic rings. The number of carbonyl (C=O) groups is 2. The molecule has 1 saturated heterocycles. The summed E-state index contributed by atoms with van der Waals surface area (Å²) in [6.07, 6.45) is -0.931. The summed E-state index contributed by atoms with van der Waals surface area (Å²) >= 11 is 1.36. The Morgan fingerprint density at radius 1 is 1.12 bits per heavy atom. The zero-order valence-electron chi connectivity index (χ0n) is 13.4. The molecule has 2 heterocycles. The topological polar surface area (TPSA) is 55.8 Å². The van der Waals surface area contributed by atoms with Crippen LogP contribution in [0.2, 0.25) is 0 Å². The molecule has 0 bridgehead atoms. The lowest BCUT2D eigenvalue weighted by Gasteiger charge is -2.30. The first-order chi connectivity index (χ1) is 11.6. The number of amides is 1. The van der Waals surface area contributed by atoms with Crippen LogP contribution in [-0.2, 0) is 14.3 Å². The summed E-state index contributed by atoms with van der Waals surface area (Å²) in [6.45, 7) is 3.96. The number of morpholine rings is 1. The van der Waals surface area contributed by atoms with Gasteiger partial charge in [-0.1, -0.05) is 30.3 Å². The molecule has 126 valence electrons. The van der Waals surface area contributed by atoms with Gasteiger partial charge >= 0.3 is 5.97 Å². The van der Waals surface area contributed by atoms with E-state index in [0.29, 0.717) is 36.7 Å². The van der Waals surface area contributed by atoms with Crippen molar-refractivity contribution in [2.75, 3.05) is 26.3 Å². The summed E-state index contributed by atoms with van der Waals surface area (Å²) in [7, 11) is 0.